The number of benzene rings is 3. The van der Waals surface area contributed by atoms with Gasteiger partial charge in [0.15, 0.2) is 4.75 Å². The maximum atomic E-state index is 14.4. The zero-order chi connectivity index (χ0) is 25.3. The Morgan fingerprint density at radius 3 is 2.29 bits per heavy atom. The summed E-state index contributed by atoms with van der Waals surface area (Å²) in [6, 6.07) is 22.2. The molecule has 0 fully saturated rings. The molecule has 1 aliphatic heterocycles. The molecule has 0 bridgehead atoms. The lowest BCUT2D eigenvalue weighted by molar-refractivity contribution is 0.0393. The van der Waals surface area contributed by atoms with Gasteiger partial charge in [-0.2, -0.15) is 0 Å². The van der Waals surface area contributed by atoms with Crippen LogP contribution in [0.25, 0.3) is 11.1 Å². The molecule has 0 saturated heterocycles. The van der Waals surface area contributed by atoms with E-state index in [9.17, 15) is 17.9 Å². The number of ether oxygens (including phenoxy) is 1. The van der Waals surface area contributed by atoms with Crippen LogP contribution in [-0.2, 0) is 19.5 Å². The number of nitrogens with one attached hydrogen (secondary N) is 1. The Bertz CT molecular complexity index is 1340. The number of hydrogen-bond donors (Lipinski definition) is 2. The van der Waals surface area contributed by atoms with E-state index < -0.39 is 32.2 Å². The molecule has 3 aromatic carbocycles. The Morgan fingerprint density at radius 1 is 0.971 bits per heavy atom. The van der Waals surface area contributed by atoms with Crippen molar-refractivity contribution in [3.05, 3.63) is 95.8 Å². The van der Waals surface area contributed by atoms with E-state index >= 15 is 0 Å². The van der Waals surface area contributed by atoms with Gasteiger partial charge in [-0.1, -0.05) is 66.7 Å². The Labute approximate surface area is 205 Å². The summed E-state index contributed by atoms with van der Waals surface area (Å²) in [4.78, 5) is 0. The Hall–Kier alpha value is -3.23. The van der Waals surface area contributed by atoms with Crippen LogP contribution in [0.3, 0.4) is 0 Å². The van der Waals surface area contributed by atoms with Gasteiger partial charge in [0.25, 0.3) is 10.0 Å². The van der Waals surface area contributed by atoms with Gasteiger partial charge in [0.05, 0.1) is 6.04 Å². The van der Waals surface area contributed by atoms with Gasteiger partial charge in [-0.05, 0) is 56.0 Å². The molecule has 1 aliphatic rings. The fourth-order valence-corrected chi connectivity index (χ4v) is 5.97. The van der Waals surface area contributed by atoms with E-state index in [4.69, 9.17) is 4.74 Å². The lowest BCUT2D eigenvalue weighted by Crippen LogP contribution is -2.58. The van der Waals surface area contributed by atoms with Gasteiger partial charge in [-0.25, -0.2) is 12.8 Å². The third-order valence-electron chi connectivity index (χ3n) is 6.74. The summed E-state index contributed by atoms with van der Waals surface area (Å²) in [6.45, 7) is 4.76. The average Bonchev–Trinajstić information content (AvgIpc) is 2.83. The lowest BCUT2D eigenvalue weighted by atomic mass is 9.83. The summed E-state index contributed by atoms with van der Waals surface area (Å²) in [7, 11) is -4.14. The molecule has 1 heterocycles. The van der Waals surface area contributed by atoms with Crippen molar-refractivity contribution in [2.24, 2.45) is 4.40 Å². The lowest BCUT2D eigenvalue weighted by Gasteiger charge is -2.45. The molecule has 0 spiro atoms. The molecule has 0 amide bonds. The number of rotatable bonds is 6. The number of aliphatic hydroxyl groups excluding tert-OH is 1. The first-order valence-corrected chi connectivity index (χ1v) is 12.8. The van der Waals surface area contributed by atoms with Crippen molar-refractivity contribution in [2.75, 3.05) is 6.61 Å². The number of nitrogens with zero attached hydrogens (tertiary/aromatic N) is 1. The van der Waals surface area contributed by atoms with E-state index in [1.807, 2.05) is 48.5 Å². The van der Waals surface area contributed by atoms with E-state index in [-0.39, 0.29) is 24.6 Å². The van der Waals surface area contributed by atoms with E-state index in [1.54, 1.807) is 45.0 Å². The third-order valence-corrected chi connectivity index (χ3v) is 8.90. The van der Waals surface area contributed by atoms with Gasteiger partial charge < -0.3 is 15.2 Å². The summed E-state index contributed by atoms with van der Waals surface area (Å²) >= 11 is 0. The van der Waals surface area contributed by atoms with Crippen LogP contribution in [0.4, 0.5) is 4.39 Å². The minimum absolute atomic E-state index is 0.139. The molecular formula is C27H29FN2O4S. The molecule has 6 nitrogen and oxygen atoms in total. The van der Waals surface area contributed by atoms with Crippen LogP contribution in [0.15, 0.2) is 83.3 Å². The fourth-order valence-electron chi connectivity index (χ4n) is 4.39. The second-order valence-electron chi connectivity index (χ2n) is 9.19. The largest absolute Gasteiger partial charge is 0.456 e. The van der Waals surface area contributed by atoms with Crippen molar-refractivity contribution >= 4 is 16.0 Å². The first-order valence-electron chi connectivity index (χ1n) is 11.4. The van der Waals surface area contributed by atoms with E-state index in [2.05, 4.69) is 9.71 Å². The zero-order valence-corrected chi connectivity index (χ0v) is 20.7. The highest BCUT2D eigenvalue weighted by molar-refractivity contribution is 7.91. The quantitative estimate of drug-likeness (QED) is 0.506. The summed E-state index contributed by atoms with van der Waals surface area (Å²) in [6.07, 6.45) is 0.139. The maximum Gasteiger partial charge on any atom is 0.301 e. The SMILES string of the molecule is CC1(C)OC(N[C@@H](CCO)c2ccccc2F)=NS(=O)(=O)C1(C)c1cccc(-c2ccccc2)c1. The zero-order valence-electron chi connectivity index (χ0n) is 19.9. The van der Waals surface area contributed by atoms with Crippen LogP contribution in [0.2, 0.25) is 0 Å². The highest BCUT2D eigenvalue weighted by Gasteiger charge is 2.58. The van der Waals surface area contributed by atoms with E-state index in [0.29, 0.717) is 5.56 Å². The fraction of sp³-hybridized carbons (Fsp3) is 0.296. The standard InChI is InChI=1S/C27H29FN2O4S/c1-26(2)27(3,21-13-9-12-20(18-21)19-10-5-4-6-11-19)35(32,33)30-25(34-26)29-24(16-17-31)22-14-7-8-15-23(22)28/h4-15,18,24,31H,16-17H2,1-3H3,(H,29,30)/t24-,27?/m0/s1. The molecule has 2 atom stereocenters. The maximum absolute atomic E-state index is 14.4. The molecule has 0 aliphatic carbocycles. The summed E-state index contributed by atoms with van der Waals surface area (Å²) < 4.78 is 50.4. The van der Waals surface area contributed by atoms with Crippen LogP contribution in [-0.4, -0.2) is 31.8 Å². The minimum Gasteiger partial charge on any atom is -0.456 e. The van der Waals surface area contributed by atoms with Crippen molar-refractivity contribution in [3.63, 3.8) is 0 Å². The number of amidine groups is 1. The van der Waals surface area contributed by atoms with E-state index in [1.165, 1.54) is 6.07 Å². The van der Waals surface area contributed by atoms with Crippen molar-refractivity contribution in [3.8, 4) is 11.1 Å². The smallest absolute Gasteiger partial charge is 0.301 e. The second-order valence-corrected chi connectivity index (χ2v) is 11.1. The van der Waals surface area contributed by atoms with Crippen molar-refractivity contribution < 1.29 is 22.7 Å². The van der Waals surface area contributed by atoms with E-state index in [0.717, 1.165) is 11.1 Å². The van der Waals surface area contributed by atoms with Gasteiger partial charge >= 0.3 is 6.02 Å². The normalized spacial score (nSPS) is 21.5. The van der Waals surface area contributed by atoms with Gasteiger partial charge in [0.2, 0.25) is 0 Å². The predicted octanol–water partition coefficient (Wildman–Crippen LogP) is 4.92. The highest BCUT2D eigenvalue weighted by Crippen LogP contribution is 2.47. The number of halogens is 1. The molecule has 184 valence electrons. The second kappa shape index (κ2) is 9.43. The average molecular weight is 497 g/mol. The number of sulfonamides is 1. The van der Waals surface area contributed by atoms with Crippen molar-refractivity contribution in [2.45, 2.75) is 43.6 Å². The van der Waals surface area contributed by atoms with Crippen LogP contribution in [0.1, 0.15) is 44.4 Å². The molecule has 35 heavy (non-hydrogen) atoms. The highest BCUT2D eigenvalue weighted by atomic mass is 32.2. The molecule has 1 unspecified atom stereocenters. The minimum atomic E-state index is -4.14. The summed E-state index contributed by atoms with van der Waals surface area (Å²) in [5.74, 6) is -0.473. The Morgan fingerprint density at radius 2 is 1.63 bits per heavy atom. The first-order chi connectivity index (χ1) is 16.6. The molecule has 0 saturated carbocycles. The Kier molecular flexibility index (Phi) is 6.71. The molecule has 8 heteroatoms. The van der Waals surface area contributed by atoms with Gasteiger partial charge in [0.1, 0.15) is 11.4 Å². The van der Waals surface area contributed by atoms with Gasteiger partial charge in [-0.15, -0.1) is 4.40 Å². The van der Waals surface area contributed by atoms with Crippen molar-refractivity contribution in [1.29, 1.82) is 0 Å². The summed E-state index contributed by atoms with van der Waals surface area (Å²) in [5, 5.41) is 12.4. The van der Waals surface area contributed by atoms with Crippen LogP contribution < -0.4 is 5.32 Å². The molecule has 0 radical (unpaired) electrons. The van der Waals surface area contributed by atoms with Crippen LogP contribution in [0, 0.1) is 5.82 Å². The topological polar surface area (TPSA) is 88.0 Å². The molecular weight excluding hydrogens is 467 g/mol. The third kappa shape index (κ3) is 4.56. The number of hydrogen-bond acceptors (Lipinski definition) is 5. The van der Waals surface area contributed by atoms with Crippen molar-refractivity contribution in [1.82, 2.24) is 5.32 Å². The van der Waals surface area contributed by atoms with Gasteiger partial charge in [-0.3, -0.25) is 0 Å². The predicted molar refractivity (Wildman–Crippen MR) is 135 cm³/mol. The molecule has 3 aromatic rings. The molecule has 4 rings (SSSR count). The first kappa shape index (κ1) is 24.9. The molecule has 0 aromatic heterocycles. The molecule has 2 N–H and O–H groups in total. The number of aliphatic hydroxyl groups is 1. The van der Waals surface area contributed by atoms with Gasteiger partial charge in [0, 0.05) is 12.2 Å². The summed E-state index contributed by atoms with van der Waals surface area (Å²) in [5.41, 5.74) is 1.45. The van der Waals surface area contributed by atoms with Crippen LogP contribution >= 0.6 is 0 Å². The van der Waals surface area contributed by atoms with Crippen LogP contribution in [0.5, 0.6) is 0 Å². The monoisotopic (exact) mass is 496 g/mol. The Balaban J connectivity index is 1.74.